The van der Waals surface area contributed by atoms with Gasteiger partial charge in [0.1, 0.15) is 0 Å². The van der Waals surface area contributed by atoms with Gasteiger partial charge in [-0.2, -0.15) is 0 Å². The molecule has 0 radical (unpaired) electrons. The second-order valence-corrected chi connectivity index (χ2v) is 3.52. The van der Waals surface area contributed by atoms with Crippen molar-refractivity contribution in [1.82, 2.24) is 4.90 Å². The van der Waals surface area contributed by atoms with Crippen LogP contribution in [0.1, 0.15) is 32.1 Å². The molecule has 1 N–H and O–H groups in total. The summed E-state index contributed by atoms with van der Waals surface area (Å²) in [5.74, 6) is 0. The molecule has 1 rings (SSSR count). The summed E-state index contributed by atoms with van der Waals surface area (Å²) in [4.78, 5) is 2.29. The second-order valence-electron chi connectivity index (χ2n) is 3.52. The molecule has 1 saturated heterocycles. The second kappa shape index (κ2) is 4.73. The largest absolute Gasteiger partial charge is 0.395 e. The number of likely N-dealkylation sites (tertiary alicyclic amines) is 1. The van der Waals surface area contributed by atoms with E-state index in [1.807, 2.05) is 0 Å². The van der Waals surface area contributed by atoms with Gasteiger partial charge in [-0.3, -0.25) is 0 Å². The van der Waals surface area contributed by atoms with Gasteiger partial charge in [-0.05, 0) is 26.4 Å². The molecule has 1 aliphatic rings. The number of likely N-dealkylation sites (N-methyl/N-ethyl adjacent to an activating group) is 1. The summed E-state index contributed by atoms with van der Waals surface area (Å²) in [6.45, 7) is 1.49. The van der Waals surface area contributed by atoms with Crippen LogP contribution in [-0.2, 0) is 0 Å². The molecule has 0 spiro atoms. The lowest BCUT2D eigenvalue weighted by Gasteiger charge is -2.28. The van der Waals surface area contributed by atoms with Crippen LogP contribution in [0, 0.1) is 0 Å². The Bertz CT molecular complexity index is 106. The van der Waals surface area contributed by atoms with Gasteiger partial charge in [-0.25, -0.2) is 0 Å². The van der Waals surface area contributed by atoms with Gasteiger partial charge in [0.25, 0.3) is 0 Å². The first-order chi connectivity index (χ1) is 5.34. The third kappa shape index (κ3) is 2.80. The summed E-state index contributed by atoms with van der Waals surface area (Å²) in [6.07, 6.45) is 6.47. The maximum absolute atomic E-state index is 9.04. The Balaban J connectivity index is 2.33. The van der Waals surface area contributed by atoms with Crippen molar-refractivity contribution in [2.24, 2.45) is 0 Å². The highest BCUT2D eigenvalue weighted by Crippen LogP contribution is 2.14. The highest BCUT2D eigenvalue weighted by molar-refractivity contribution is 4.70. The van der Waals surface area contributed by atoms with Crippen LogP contribution < -0.4 is 0 Å². The molecule has 0 bridgehead atoms. The molecule has 0 aromatic carbocycles. The zero-order chi connectivity index (χ0) is 8.10. The third-order valence-electron chi connectivity index (χ3n) is 2.63. The number of nitrogens with zero attached hydrogens (tertiary/aromatic N) is 1. The minimum Gasteiger partial charge on any atom is -0.395 e. The molecule has 66 valence electrons. The molecule has 1 aliphatic heterocycles. The number of rotatable bonds is 1. The van der Waals surface area contributed by atoms with Crippen LogP contribution >= 0.6 is 0 Å². The molecular formula is C9H19NO. The van der Waals surface area contributed by atoms with Gasteiger partial charge in [-0.15, -0.1) is 0 Å². The van der Waals surface area contributed by atoms with E-state index in [0.29, 0.717) is 12.6 Å². The maximum Gasteiger partial charge on any atom is 0.0586 e. The van der Waals surface area contributed by atoms with Crippen molar-refractivity contribution in [2.75, 3.05) is 20.2 Å². The van der Waals surface area contributed by atoms with E-state index in [-0.39, 0.29) is 0 Å². The first kappa shape index (κ1) is 9.01. The first-order valence-corrected chi connectivity index (χ1v) is 4.65. The molecule has 0 aromatic heterocycles. The Morgan fingerprint density at radius 1 is 1.27 bits per heavy atom. The van der Waals surface area contributed by atoms with Crippen molar-refractivity contribution in [1.29, 1.82) is 0 Å². The molecule has 1 heterocycles. The Kier molecular flexibility index (Phi) is 3.87. The van der Waals surface area contributed by atoms with E-state index in [1.165, 1.54) is 32.1 Å². The van der Waals surface area contributed by atoms with Crippen LogP contribution in [0.2, 0.25) is 0 Å². The highest BCUT2D eigenvalue weighted by atomic mass is 16.3. The average molecular weight is 157 g/mol. The molecule has 2 heteroatoms. The molecule has 0 amide bonds. The normalized spacial score (nSPS) is 29.5. The lowest BCUT2D eigenvalue weighted by molar-refractivity contribution is 0.128. The number of aliphatic hydroxyl groups is 1. The van der Waals surface area contributed by atoms with Crippen LogP contribution in [-0.4, -0.2) is 36.2 Å². The Labute approximate surface area is 69.2 Å². The smallest absolute Gasteiger partial charge is 0.0586 e. The summed E-state index contributed by atoms with van der Waals surface area (Å²) in [6, 6.07) is 0.426. The van der Waals surface area contributed by atoms with Crippen molar-refractivity contribution in [3.05, 3.63) is 0 Å². The highest BCUT2D eigenvalue weighted by Gasteiger charge is 2.14. The summed E-state index contributed by atoms with van der Waals surface area (Å²) in [7, 11) is 2.12. The van der Waals surface area contributed by atoms with Crippen molar-refractivity contribution >= 4 is 0 Å². The van der Waals surface area contributed by atoms with Crippen LogP contribution in [0.5, 0.6) is 0 Å². The SMILES string of the molecule is CN1CCCCCC[C@@H]1CO. The lowest BCUT2D eigenvalue weighted by atomic mass is 10.0. The van der Waals surface area contributed by atoms with Gasteiger partial charge in [0, 0.05) is 6.04 Å². The summed E-state index contributed by atoms with van der Waals surface area (Å²) < 4.78 is 0. The summed E-state index contributed by atoms with van der Waals surface area (Å²) >= 11 is 0. The fourth-order valence-electron chi connectivity index (χ4n) is 1.73. The van der Waals surface area contributed by atoms with Crippen molar-refractivity contribution in [3.8, 4) is 0 Å². The Morgan fingerprint density at radius 2 is 2.00 bits per heavy atom. The van der Waals surface area contributed by atoms with E-state index in [9.17, 15) is 0 Å². The first-order valence-electron chi connectivity index (χ1n) is 4.65. The maximum atomic E-state index is 9.04. The van der Waals surface area contributed by atoms with Crippen LogP contribution in [0.25, 0.3) is 0 Å². The third-order valence-corrected chi connectivity index (χ3v) is 2.63. The summed E-state index contributed by atoms with van der Waals surface area (Å²) in [5.41, 5.74) is 0. The molecule has 0 aliphatic carbocycles. The molecule has 0 aromatic rings. The van der Waals surface area contributed by atoms with E-state index in [0.717, 1.165) is 6.54 Å². The topological polar surface area (TPSA) is 23.5 Å². The van der Waals surface area contributed by atoms with E-state index in [2.05, 4.69) is 11.9 Å². The van der Waals surface area contributed by atoms with E-state index in [1.54, 1.807) is 0 Å². The Morgan fingerprint density at radius 3 is 2.73 bits per heavy atom. The van der Waals surface area contributed by atoms with Crippen molar-refractivity contribution in [2.45, 2.75) is 38.1 Å². The monoisotopic (exact) mass is 157 g/mol. The van der Waals surface area contributed by atoms with Gasteiger partial charge in [0.05, 0.1) is 6.61 Å². The Hall–Kier alpha value is -0.0800. The predicted molar refractivity (Wildman–Crippen MR) is 46.6 cm³/mol. The van der Waals surface area contributed by atoms with Crippen LogP contribution in [0.15, 0.2) is 0 Å². The van der Waals surface area contributed by atoms with Crippen molar-refractivity contribution < 1.29 is 5.11 Å². The average Bonchev–Trinajstić information content (AvgIpc) is 1.98. The predicted octanol–water partition coefficient (Wildman–Crippen LogP) is 1.24. The van der Waals surface area contributed by atoms with Gasteiger partial charge in [0.2, 0.25) is 0 Å². The zero-order valence-corrected chi connectivity index (χ0v) is 7.42. The van der Waals surface area contributed by atoms with Crippen LogP contribution in [0.3, 0.4) is 0 Å². The number of hydrogen-bond donors (Lipinski definition) is 1. The molecule has 11 heavy (non-hydrogen) atoms. The van der Waals surface area contributed by atoms with Gasteiger partial charge in [-0.1, -0.05) is 19.3 Å². The van der Waals surface area contributed by atoms with E-state index in [4.69, 9.17) is 5.11 Å². The van der Waals surface area contributed by atoms with Gasteiger partial charge in [0.15, 0.2) is 0 Å². The fraction of sp³-hybridized carbons (Fsp3) is 1.00. The number of aliphatic hydroxyl groups excluding tert-OH is 1. The lowest BCUT2D eigenvalue weighted by Crippen LogP contribution is -2.36. The molecule has 1 fully saturated rings. The fourth-order valence-corrected chi connectivity index (χ4v) is 1.73. The zero-order valence-electron chi connectivity index (χ0n) is 7.42. The molecule has 0 saturated carbocycles. The van der Waals surface area contributed by atoms with E-state index < -0.39 is 0 Å². The minimum atomic E-state index is 0.330. The summed E-state index contributed by atoms with van der Waals surface area (Å²) in [5, 5.41) is 9.04. The molecule has 1 atom stereocenters. The van der Waals surface area contributed by atoms with Gasteiger partial charge >= 0.3 is 0 Å². The van der Waals surface area contributed by atoms with E-state index >= 15 is 0 Å². The van der Waals surface area contributed by atoms with Gasteiger partial charge < -0.3 is 10.0 Å². The number of hydrogen-bond acceptors (Lipinski definition) is 2. The quantitative estimate of drug-likeness (QED) is 0.619. The molecule has 0 unspecified atom stereocenters. The molecule has 2 nitrogen and oxygen atoms in total. The van der Waals surface area contributed by atoms with Crippen LogP contribution in [0.4, 0.5) is 0 Å². The minimum absolute atomic E-state index is 0.330. The standard InChI is InChI=1S/C9H19NO/c1-10-7-5-3-2-4-6-9(10)8-11/h9,11H,2-8H2,1H3/t9-/m1/s1. The molecular weight excluding hydrogens is 138 g/mol. The van der Waals surface area contributed by atoms with Crippen molar-refractivity contribution in [3.63, 3.8) is 0 Å².